The van der Waals surface area contributed by atoms with Crippen LogP contribution in [0.1, 0.15) is 128 Å². The van der Waals surface area contributed by atoms with Crippen molar-refractivity contribution in [3.8, 4) is 10.4 Å². The number of ether oxygens (including phenoxy) is 1. The van der Waals surface area contributed by atoms with Gasteiger partial charge < -0.3 is 25.4 Å². The van der Waals surface area contributed by atoms with Crippen LogP contribution in [0.25, 0.3) is 10.4 Å². The van der Waals surface area contributed by atoms with Crippen LogP contribution in [0.4, 0.5) is 0 Å². The first-order valence-electron chi connectivity index (χ1n) is 19.6. The number of unbranched alkanes of at least 4 members (excludes halogenated alkanes) is 8. The average Bonchev–Trinajstić information content (AvgIpc) is 3.76. The van der Waals surface area contributed by atoms with E-state index < -0.39 is 23.6 Å². The third-order valence-corrected chi connectivity index (χ3v) is 11.1. The summed E-state index contributed by atoms with van der Waals surface area (Å²) >= 11 is 1.59. The molecule has 0 aliphatic carbocycles. The molecule has 1 fully saturated rings. The van der Waals surface area contributed by atoms with Crippen LogP contribution in [-0.4, -0.2) is 63.4 Å². The molecule has 0 radical (unpaired) electrons. The predicted molar refractivity (Wildman–Crippen MR) is 213 cm³/mol. The molecule has 3 amide bonds. The number of carbonyl (C=O) groups is 4. The largest absolute Gasteiger partial charge is 0.461 e. The van der Waals surface area contributed by atoms with Gasteiger partial charge in [-0.3, -0.25) is 19.2 Å². The van der Waals surface area contributed by atoms with E-state index in [0.717, 1.165) is 85.0 Å². The lowest BCUT2D eigenvalue weighted by Crippen LogP contribution is -2.57. The van der Waals surface area contributed by atoms with Crippen LogP contribution < -0.4 is 10.6 Å². The second kappa shape index (κ2) is 21.1. The van der Waals surface area contributed by atoms with E-state index in [9.17, 15) is 24.3 Å². The fourth-order valence-electron chi connectivity index (χ4n) is 6.85. The average molecular weight is 761 g/mol. The van der Waals surface area contributed by atoms with E-state index in [1.807, 2.05) is 94.7 Å². The van der Waals surface area contributed by atoms with Gasteiger partial charge in [-0.1, -0.05) is 120 Å². The molecule has 10 nitrogen and oxygen atoms in total. The summed E-state index contributed by atoms with van der Waals surface area (Å²) in [6.45, 7) is 9.94. The van der Waals surface area contributed by atoms with E-state index in [1.165, 1.54) is 4.90 Å². The number of hydrogen-bond acceptors (Lipinski definition) is 8. The van der Waals surface area contributed by atoms with E-state index in [0.29, 0.717) is 19.4 Å². The fourth-order valence-corrected chi connectivity index (χ4v) is 7.66. The summed E-state index contributed by atoms with van der Waals surface area (Å²) in [5.41, 5.74) is 5.20. The van der Waals surface area contributed by atoms with Crippen LogP contribution >= 0.6 is 11.3 Å². The Balaban J connectivity index is 1.14. The monoisotopic (exact) mass is 760 g/mol. The number of likely N-dealkylation sites (tertiary alicyclic amines) is 1. The molecule has 4 atom stereocenters. The zero-order valence-electron chi connectivity index (χ0n) is 32.8. The van der Waals surface area contributed by atoms with E-state index in [1.54, 1.807) is 11.3 Å². The van der Waals surface area contributed by atoms with Crippen molar-refractivity contribution in [3.05, 3.63) is 76.9 Å². The number of thiazole rings is 1. The lowest BCUT2D eigenvalue weighted by Gasteiger charge is -2.35. The van der Waals surface area contributed by atoms with Crippen molar-refractivity contribution in [1.29, 1.82) is 0 Å². The Labute approximate surface area is 325 Å². The van der Waals surface area contributed by atoms with Crippen LogP contribution in [0.2, 0.25) is 0 Å². The van der Waals surface area contributed by atoms with Gasteiger partial charge in [-0.05, 0) is 48.8 Å². The molecular formula is C43H60N4O6S. The van der Waals surface area contributed by atoms with E-state index in [2.05, 4.69) is 15.6 Å². The van der Waals surface area contributed by atoms with Gasteiger partial charge in [-0.25, -0.2) is 4.98 Å². The summed E-state index contributed by atoms with van der Waals surface area (Å²) in [7, 11) is 0. The molecule has 1 aliphatic heterocycles. The molecule has 3 N–H and O–H groups in total. The van der Waals surface area contributed by atoms with E-state index in [4.69, 9.17) is 4.74 Å². The maximum absolute atomic E-state index is 14.0. The highest BCUT2D eigenvalue weighted by molar-refractivity contribution is 7.13. The Morgan fingerprint density at radius 2 is 1.50 bits per heavy atom. The minimum Gasteiger partial charge on any atom is -0.461 e. The summed E-state index contributed by atoms with van der Waals surface area (Å²) in [4.78, 5) is 59.4. The maximum Gasteiger partial charge on any atom is 0.306 e. The van der Waals surface area contributed by atoms with Gasteiger partial charge in [0, 0.05) is 25.8 Å². The zero-order chi connectivity index (χ0) is 39.1. The lowest BCUT2D eigenvalue weighted by atomic mass is 9.85. The molecule has 3 aromatic rings. The Hall–Kier alpha value is -4.09. The summed E-state index contributed by atoms with van der Waals surface area (Å²) in [6.07, 6.45) is 9.09. The number of carbonyl (C=O) groups excluding carboxylic acids is 4. The van der Waals surface area contributed by atoms with Crippen LogP contribution in [0.15, 0.2) is 60.1 Å². The Bertz CT molecular complexity index is 1640. The number of aromatic nitrogens is 1. The van der Waals surface area contributed by atoms with Crippen LogP contribution in [0.3, 0.4) is 0 Å². The summed E-state index contributed by atoms with van der Waals surface area (Å²) < 4.78 is 5.34. The molecule has 0 bridgehead atoms. The van der Waals surface area contributed by atoms with E-state index in [-0.39, 0.29) is 42.7 Å². The van der Waals surface area contributed by atoms with E-state index >= 15 is 0 Å². The first kappa shape index (κ1) is 42.6. The molecule has 0 spiro atoms. The number of hydrogen-bond donors (Lipinski definition) is 3. The first-order chi connectivity index (χ1) is 25.8. The fraction of sp³-hybridized carbons (Fsp3) is 0.558. The topological polar surface area (TPSA) is 138 Å². The Morgan fingerprint density at radius 3 is 2.09 bits per heavy atom. The lowest BCUT2D eigenvalue weighted by molar-refractivity contribution is -0.145. The Morgan fingerprint density at radius 1 is 0.889 bits per heavy atom. The molecule has 1 aromatic heterocycles. The zero-order valence-corrected chi connectivity index (χ0v) is 33.6. The van der Waals surface area contributed by atoms with Gasteiger partial charge in [0.05, 0.1) is 28.2 Å². The van der Waals surface area contributed by atoms with Crippen molar-refractivity contribution in [1.82, 2.24) is 20.5 Å². The van der Waals surface area contributed by atoms with Crippen LogP contribution in [-0.2, 0) is 30.5 Å². The summed E-state index contributed by atoms with van der Waals surface area (Å²) in [6, 6.07) is 15.7. The van der Waals surface area contributed by atoms with Gasteiger partial charge in [-0.15, -0.1) is 11.3 Å². The van der Waals surface area contributed by atoms with Gasteiger partial charge in [0.25, 0.3) is 0 Å². The van der Waals surface area contributed by atoms with Crippen molar-refractivity contribution in [2.24, 2.45) is 5.41 Å². The maximum atomic E-state index is 14.0. The number of nitrogens with one attached hydrogen (secondary N) is 2. The van der Waals surface area contributed by atoms with Crippen molar-refractivity contribution >= 4 is 35.0 Å². The summed E-state index contributed by atoms with van der Waals surface area (Å²) in [5.74, 6) is -1.01. The molecule has 1 aliphatic rings. The first-order valence-corrected chi connectivity index (χ1v) is 20.5. The Kier molecular flexibility index (Phi) is 16.7. The SMILES string of the molecule is Cc1ncsc1-c1ccc([C@H](C)NC(=O)[C@@H]2C[C@@H](O)CN2C(=O)[C@@H](NC(=O)CCCCCCCCCCCC(=O)OCc2ccccc2)C(C)(C)C)cc1. The second-order valence-electron chi connectivity index (χ2n) is 15.7. The molecular weight excluding hydrogens is 701 g/mol. The van der Waals surface area contributed by atoms with Gasteiger partial charge >= 0.3 is 5.97 Å². The highest BCUT2D eigenvalue weighted by atomic mass is 32.1. The number of aliphatic hydroxyl groups excluding tert-OH is 1. The predicted octanol–water partition coefficient (Wildman–Crippen LogP) is 7.82. The third kappa shape index (κ3) is 13.3. The van der Waals surface area contributed by atoms with Gasteiger partial charge in [0.15, 0.2) is 0 Å². The van der Waals surface area contributed by atoms with Crippen LogP contribution in [0, 0.1) is 12.3 Å². The summed E-state index contributed by atoms with van der Waals surface area (Å²) in [5, 5.41) is 16.6. The normalized spacial score (nSPS) is 16.8. The van der Waals surface area contributed by atoms with Crippen molar-refractivity contribution < 1.29 is 29.0 Å². The minimum atomic E-state index is -0.837. The molecule has 0 unspecified atom stereocenters. The molecule has 2 heterocycles. The third-order valence-electron chi connectivity index (χ3n) is 10.1. The highest BCUT2D eigenvalue weighted by Gasteiger charge is 2.44. The van der Waals surface area contributed by atoms with Crippen LogP contribution in [0.5, 0.6) is 0 Å². The molecule has 2 aromatic carbocycles. The molecule has 1 saturated heterocycles. The number of rotatable bonds is 20. The number of amides is 3. The van der Waals surface area contributed by atoms with Gasteiger partial charge in [0.2, 0.25) is 17.7 Å². The number of benzene rings is 2. The molecule has 4 rings (SSSR count). The number of nitrogens with zero attached hydrogens (tertiary/aromatic N) is 2. The number of aliphatic hydroxyl groups is 1. The number of esters is 1. The van der Waals surface area contributed by atoms with Crippen molar-refractivity contribution in [3.63, 3.8) is 0 Å². The standard InChI is InChI=1S/C43H60N4O6S/c1-30(33-22-24-34(25-23-33)39-31(2)44-29-54-39)45-41(51)36-26-35(48)27-47(36)42(52)40(43(3,4)5)46-37(49)20-16-11-9-7-6-8-10-12-17-21-38(50)53-28-32-18-14-13-15-19-32/h13-15,18-19,22-25,29-30,35-36,40,48H,6-12,16-17,20-21,26-28H2,1-5H3,(H,45,51)(H,46,49)/t30-,35+,36-,40+/m0/s1. The number of aryl methyl sites for hydroxylation is 1. The van der Waals surface area contributed by atoms with Gasteiger partial charge in [0.1, 0.15) is 18.7 Å². The minimum absolute atomic E-state index is 0.0396. The molecule has 0 saturated carbocycles. The van der Waals surface area contributed by atoms with Crippen molar-refractivity contribution in [2.45, 2.75) is 143 Å². The quantitative estimate of drug-likeness (QED) is 0.0789. The molecule has 11 heteroatoms. The second-order valence-corrected chi connectivity index (χ2v) is 16.6. The number of β-amino-alcohol motifs (C(OH)–C–C–N with tert-alkyl or cyclic N) is 1. The molecule has 54 heavy (non-hydrogen) atoms. The highest BCUT2D eigenvalue weighted by Crippen LogP contribution is 2.30. The van der Waals surface area contributed by atoms with Crippen molar-refractivity contribution in [2.75, 3.05) is 6.54 Å². The molecule has 294 valence electrons. The smallest absolute Gasteiger partial charge is 0.306 e. The van der Waals surface area contributed by atoms with Gasteiger partial charge in [-0.2, -0.15) is 0 Å².